The van der Waals surface area contributed by atoms with Crippen LogP contribution in [-0.4, -0.2) is 19.1 Å². The fourth-order valence-electron chi connectivity index (χ4n) is 0.966. The fourth-order valence-corrected chi connectivity index (χ4v) is 2.09. The number of rotatable bonds is 2. The lowest BCUT2D eigenvalue weighted by atomic mass is 10.5. The van der Waals surface area contributed by atoms with E-state index in [0.29, 0.717) is 4.94 Å². The minimum atomic E-state index is -2.83. The highest BCUT2D eigenvalue weighted by Crippen LogP contribution is 2.46. The van der Waals surface area contributed by atoms with Crippen LogP contribution in [0.5, 0.6) is 0 Å². The van der Waals surface area contributed by atoms with Crippen LogP contribution in [0.3, 0.4) is 0 Å². The van der Waals surface area contributed by atoms with Crippen molar-refractivity contribution in [2.45, 2.75) is 0 Å². The minimum absolute atomic E-state index is 0.669. The van der Waals surface area contributed by atoms with Crippen molar-refractivity contribution in [1.29, 1.82) is 0 Å². The van der Waals surface area contributed by atoms with Crippen LogP contribution in [0, 0.1) is 4.94 Å². The maximum Gasteiger partial charge on any atom is 0.262 e. The van der Waals surface area contributed by atoms with E-state index in [0.717, 1.165) is 0 Å². The lowest BCUT2D eigenvalue weighted by molar-refractivity contribution is 0.259. The van der Waals surface area contributed by atoms with E-state index < -0.39 is 7.57 Å². The van der Waals surface area contributed by atoms with Gasteiger partial charge in [-0.25, -0.2) is 0 Å². The summed E-state index contributed by atoms with van der Waals surface area (Å²) in [5, 5.41) is 0. The van der Waals surface area contributed by atoms with E-state index in [1.54, 1.807) is 12.1 Å². The Bertz CT molecular complexity index is 332. The van der Waals surface area contributed by atoms with E-state index in [-0.39, 0.29) is 0 Å². The second-order valence-electron chi connectivity index (χ2n) is 2.41. The van der Waals surface area contributed by atoms with Gasteiger partial charge in [-0.1, -0.05) is 24.3 Å². The highest BCUT2D eigenvalue weighted by atomic mass is 31.2. The van der Waals surface area contributed by atoms with Crippen molar-refractivity contribution in [3.8, 4) is 0 Å². The van der Waals surface area contributed by atoms with Crippen LogP contribution >= 0.6 is 7.57 Å². The van der Waals surface area contributed by atoms with E-state index in [9.17, 15) is 4.89 Å². The van der Waals surface area contributed by atoms with E-state index in [1.807, 2.05) is 24.3 Å². The second kappa shape index (κ2) is 4.58. The van der Waals surface area contributed by atoms with Crippen molar-refractivity contribution in [1.82, 2.24) is 0 Å². The maximum absolute atomic E-state index is 9.88. The third-order valence-corrected chi connectivity index (χ3v) is 3.63. The molecular formula is C9H13O3P. The topological polar surface area (TPSA) is 38.7 Å². The van der Waals surface area contributed by atoms with Gasteiger partial charge in [0, 0.05) is 19.2 Å². The number of hydrogen-bond donors (Lipinski definition) is 1. The van der Waals surface area contributed by atoms with E-state index in [1.165, 1.54) is 14.2 Å². The molecule has 1 aromatic rings. The van der Waals surface area contributed by atoms with Gasteiger partial charge in [0.1, 0.15) is 0 Å². The van der Waals surface area contributed by atoms with Gasteiger partial charge in [0.2, 0.25) is 0 Å². The first-order valence-electron chi connectivity index (χ1n) is 3.85. The molecule has 0 unspecified atom stereocenters. The summed E-state index contributed by atoms with van der Waals surface area (Å²) in [4.78, 5) is 10.5. The fraction of sp³-hybridized carbons (Fsp3) is 0.222. The largest absolute Gasteiger partial charge is 0.332 e. The average Bonchev–Trinajstić information content (AvgIpc) is 2.45. The quantitative estimate of drug-likeness (QED) is 0.744. The minimum Gasteiger partial charge on any atom is -0.332 e. The third kappa shape index (κ3) is 2.42. The molecular weight excluding hydrogens is 187 g/mol. The maximum atomic E-state index is 9.88. The van der Waals surface area contributed by atoms with Crippen LogP contribution in [0.25, 0.3) is 0 Å². The third-order valence-electron chi connectivity index (χ3n) is 1.69. The predicted octanol–water partition coefficient (Wildman–Crippen LogP) is 2.27. The first-order valence-corrected chi connectivity index (χ1v) is 5.43. The summed E-state index contributed by atoms with van der Waals surface area (Å²) in [6.45, 7) is 0. The monoisotopic (exact) mass is 200 g/mol. The lowest BCUT2D eigenvalue weighted by Gasteiger charge is -2.13. The molecule has 1 rings (SSSR count). The van der Waals surface area contributed by atoms with Gasteiger partial charge >= 0.3 is 0 Å². The van der Waals surface area contributed by atoms with Crippen molar-refractivity contribution >= 4 is 7.57 Å². The second-order valence-corrected chi connectivity index (χ2v) is 4.70. The van der Waals surface area contributed by atoms with Gasteiger partial charge in [-0.3, -0.25) is 0 Å². The van der Waals surface area contributed by atoms with E-state index in [2.05, 4.69) is 0 Å². The Labute approximate surface area is 77.8 Å². The summed E-state index contributed by atoms with van der Waals surface area (Å²) < 4.78 is 9.92. The molecule has 0 atom stereocenters. The first-order chi connectivity index (χ1) is 6.23. The van der Waals surface area contributed by atoms with Crippen LogP contribution in [0.2, 0.25) is 0 Å². The van der Waals surface area contributed by atoms with Crippen molar-refractivity contribution < 1.29 is 13.9 Å². The average molecular weight is 200 g/mol. The Morgan fingerprint density at radius 3 is 1.85 bits per heavy atom. The molecule has 1 aromatic carbocycles. The Hall–Kier alpha value is -0.600. The molecule has 4 heteroatoms. The van der Waals surface area contributed by atoms with Crippen LogP contribution in [0.4, 0.5) is 0 Å². The Morgan fingerprint density at radius 1 is 1.00 bits per heavy atom. The van der Waals surface area contributed by atoms with Gasteiger partial charge in [0.15, 0.2) is 0 Å². The zero-order chi connectivity index (χ0) is 9.73. The molecule has 72 valence electrons. The Morgan fingerprint density at radius 2 is 1.46 bits per heavy atom. The molecule has 0 aliphatic heterocycles. The van der Waals surface area contributed by atoms with Crippen molar-refractivity contribution in [2.75, 3.05) is 14.2 Å². The SMILES string of the molecule is COP(O)(OC)=c1cccccc1. The molecule has 0 aliphatic rings. The zero-order valence-corrected chi connectivity index (χ0v) is 8.57. The molecule has 0 saturated heterocycles. The van der Waals surface area contributed by atoms with Gasteiger partial charge in [0.25, 0.3) is 7.57 Å². The molecule has 13 heavy (non-hydrogen) atoms. The molecule has 0 saturated carbocycles. The summed E-state index contributed by atoms with van der Waals surface area (Å²) in [5.41, 5.74) is 0. The molecule has 0 bridgehead atoms. The van der Waals surface area contributed by atoms with Crippen molar-refractivity contribution in [2.24, 2.45) is 0 Å². The van der Waals surface area contributed by atoms with E-state index in [4.69, 9.17) is 9.05 Å². The van der Waals surface area contributed by atoms with Gasteiger partial charge in [-0.15, -0.1) is 0 Å². The molecule has 0 heterocycles. The summed E-state index contributed by atoms with van der Waals surface area (Å²) in [6.07, 6.45) is 0. The summed E-state index contributed by atoms with van der Waals surface area (Å²) in [6, 6.07) is 11.0. The molecule has 3 nitrogen and oxygen atoms in total. The van der Waals surface area contributed by atoms with Crippen LogP contribution < -0.4 is 0 Å². The zero-order valence-electron chi connectivity index (χ0n) is 7.68. The molecule has 0 spiro atoms. The molecule has 0 amide bonds. The van der Waals surface area contributed by atoms with Crippen LogP contribution in [0.15, 0.2) is 36.4 Å². The predicted molar refractivity (Wildman–Crippen MR) is 52.8 cm³/mol. The highest BCUT2D eigenvalue weighted by Gasteiger charge is 2.10. The molecule has 1 N–H and O–H groups in total. The standard InChI is InChI=1S/C9H13O3P/c1-11-13(10,12-2)9-7-5-3-4-6-8-9/h3-8,10H,1-2H3. The Balaban J connectivity index is 3.49. The summed E-state index contributed by atoms with van der Waals surface area (Å²) in [5.74, 6) is 0. The summed E-state index contributed by atoms with van der Waals surface area (Å²) in [7, 11) is 0.0383. The molecule has 0 fully saturated rings. The van der Waals surface area contributed by atoms with Gasteiger partial charge in [-0.05, 0) is 12.1 Å². The van der Waals surface area contributed by atoms with Gasteiger partial charge < -0.3 is 13.9 Å². The smallest absolute Gasteiger partial charge is 0.262 e. The molecule has 0 radical (unpaired) electrons. The highest BCUT2D eigenvalue weighted by molar-refractivity contribution is 7.52. The number of hydrogen-bond acceptors (Lipinski definition) is 3. The van der Waals surface area contributed by atoms with Crippen molar-refractivity contribution in [3.05, 3.63) is 41.3 Å². The van der Waals surface area contributed by atoms with Crippen molar-refractivity contribution in [3.63, 3.8) is 0 Å². The van der Waals surface area contributed by atoms with Gasteiger partial charge in [-0.2, -0.15) is 0 Å². The molecule has 0 aromatic heterocycles. The lowest BCUT2D eigenvalue weighted by Crippen LogP contribution is -1.87. The molecule has 0 aliphatic carbocycles. The normalized spacial score (nSPS) is 11.3. The Kier molecular flexibility index (Phi) is 3.70. The van der Waals surface area contributed by atoms with Crippen LogP contribution in [0.1, 0.15) is 0 Å². The summed E-state index contributed by atoms with van der Waals surface area (Å²) >= 11 is 0. The first kappa shape index (κ1) is 10.5. The van der Waals surface area contributed by atoms with Gasteiger partial charge in [0.05, 0.1) is 0 Å². The van der Waals surface area contributed by atoms with E-state index >= 15 is 0 Å². The van der Waals surface area contributed by atoms with Crippen LogP contribution in [-0.2, 0) is 9.05 Å².